The lowest BCUT2D eigenvalue weighted by Crippen LogP contribution is -2.45. The molecule has 4 rings (SSSR count). The highest BCUT2D eigenvalue weighted by Gasteiger charge is 2.34. The van der Waals surface area contributed by atoms with Gasteiger partial charge < -0.3 is 9.84 Å². The fraction of sp³-hybridized carbons (Fsp3) is 0.348. The standard InChI is InChI=1S/C23H25FN4O4S/c1-15-5-8-18(22-26-16(2)32-27-22)12-21(15)33(30,31)28-11-3-4-19(14-28)23(29)25-13-17-6-9-20(24)10-7-17/h5-10,12,19H,3-4,11,13-14H2,1-2H3,(H,25,29)/t19-/m1/s1. The van der Waals surface area contributed by atoms with Gasteiger partial charge in [0.15, 0.2) is 0 Å². The molecule has 0 bridgehead atoms. The van der Waals surface area contributed by atoms with Gasteiger partial charge in [-0.1, -0.05) is 29.4 Å². The minimum Gasteiger partial charge on any atom is -0.352 e. The summed E-state index contributed by atoms with van der Waals surface area (Å²) in [5.74, 6) is -0.308. The van der Waals surface area contributed by atoms with Gasteiger partial charge in [-0.05, 0) is 49.1 Å². The molecule has 0 spiro atoms. The highest BCUT2D eigenvalue weighted by Crippen LogP contribution is 2.29. The number of nitrogens with zero attached hydrogens (tertiary/aromatic N) is 3. The Morgan fingerprint density at radius 3 is 2.67 bits per heavy atom. The number of rotatable bonds is 6. The normalized spacial score (nSPS) is 17.1. The van der Waals surface area contributed by atoms with Crippen LogP contribution in [0.4, 0.5) is 4.39 Å². The van der Waals surface area contributed by atoms with Crippen molar-refractivity contribution in [1.82, 2.24) is 19.8 Å². The third kappa shape index (κ3) is 5.12. The summed E-state index contributed by atoms with van der Waals surface area (Å²) in [6, 6.07) is 10.9. The Kier molecular flexibility index (Phi) is 6.57. The average Bonchev–Trinajstić information content (AvgIpc) is 3.25. The van der Waals surface area contributed by atoms with Crippen LogP contribution in [-0.4, -0.2) is 41.9 Å². The number of carbonyl (C=O) groups is 1. The second-order valence-electron chi connectivity index (χ2n) is 8.16. The maximum Gasteiger partial charge on any atom is 0.243 e. The van der Waals surface area contributed by atoms with Crippen LogP contribution in [0.2, 0.25) is 0 Å². The second-order valence-corrected chi connectivity index (χ2v) is 10.1. The number of benzene rings is 2. The first-order valence-electron chi connectivity index (χ1n) is 10.7. The van der Waals surface area contributed by atoms with Crippen molar-refractivity contribution in [1.29, 1.82) is 0 Å². The number of aryl methyl sites for hydroxylation is 2. The molecular formula is C23H25FN4O4S. The number of amides is 1. The first-order chi connectivity index (χ1) is 15.7. The van der Waals surface area contributed by atoms with Crippen LogP contribution < -0.4 is 5.32 Å². The van der Waals surface area contributed by atoms with Gasteiger partial charge in [0.25, 0.3) is 0 Å². The summed E-state index contributed by atoms with van der Waals surface area (Å²) < 4.78 is 46.4. The van der Waals surface area contributed by atoms with Crippen LogP contribution in [0.5, 0.6) is 0 Å². The van der Waals surface area contributed by atoms with E-state index >= 15 is 0 Å². The third-order valence-electron chi connectivity index (χ3n) is 5.73. The van der Waals surface area contributed by atoms with Crippen molar-refractivity contribution in [3.05, 3.63) is 65.3 Å². The summed E-state index contributed by atoms with van der Waals surface area (Å²) in [5.41, 5.74) is 1.91. The van der Waals surface area contributed by atoms with Crippen LogP contribution in [0.25, 0.3) is 11.4 Å². The number of halogens is 1. The fourth-order valence-electron chi connectivity index (χ4n) is 3.88. The SMILES string of the molecule is Cc1nc(-c2ccc(C)c(S(=O)(=O)N3CCC[C@@H](C(=O)NCc4ccc(F)cc4)C3)c2)no1. The zero-order valence-electron chi connectivity index (χ0n) is 18.4. The molecule has 0 radical (unpaired) electrons. The molecule has 1 atom stereocenters. The molecular weight excluding hydrogens is 447 g/mol. The lowest BCUT2D eigenvalue weighted by molar-refractivity contribution is -0.126. The predicted molar refractivity (Wildman–Crippen MR) is 119 cm³/mol. The van der Waals surface area contributed by atoms with E-state index in [0.29, 0.717) is 42.2 Å². The highest BCUT2D eigenvalue weighted by molar-refractivity contribution is 7.89. The van der Waals surface area contributed by atoms with Crippen molar-refractivity contribution >= 4 is 15.9 Å². The predicted octanol–water partition coefficient (Wildman–Crippen LogP) is 3.21. The van der Waals surface area contributed by atoms with E-state index < -0.39 is 15.9 Å². The maximum atomic E-state index is 13.5. The van der Waals surface area contributed by atoms with Crippen molar-refractivity contribution in [2.75, 3.05) is 13.1 Å². The number of sulfonamides is 1. The summed E-state index contributed by atoms with van der Waals surface area (Å²) in [6.07, 6.45) is 1.18. The Labute approximate surface area is 191 Å². The molecule has 1 saturated heterocycles. The molecule has 174 valence electrons. The summed E-state index contributed by atoms with van der Waals surface area (Å²) >= 11 is 0. The molecule has 1 aliphatic heterocycles. The molecule has 0 aliphatic carbocycles. The van der Waals surface area contributed by atoms with Crippen molar-refractivity contribution in [2.24, 2.45) is 5.92 Å². The van der Waals surface area contributed by atoms with Crippen molar-refractivity contribution < 1.29 is 22.1 Å². The molecule has 1 amide bonds. The van der Waals surface area contributed by atoms with Crippen LogP contribution in [0, 0.1) is 25.6 Å². The topological polar surface area (TPSA) is 105 Å². The average molecular weight is 473 g/mol. The van der Waals surface area contributed by atoms with Gasteiger partial charge in [0.2, 0.25) is 27.6 Å². The summed E-state index contributed by atoms with van der Waals surface area (Å²) in [6.45, 7) is 4.09. The Hall–Kier alpha value is -3.11. The Balaban J connectivity index is 1.49. The van der Waals surface area contributed by atoms with Gasteiger partial charge >= 0.3 is 0 Å². The summed E-state index contributed by atoms with van der Waals surface area (Å²) in [7, 11) is -3.83. The third-order valence-corrected chi connectivity index (χ3v) is 7.73. The lowest BCUT2D eigenvalue weighted by Gasteiger charge is -2.31. The first-order valence-corrected chi connectivity index (χ1v) is 12.1. The largest absolute Gasteiger partial charge is 0.352 e. The van der Waals surface area contributed by atoms with E-state index in [1.54, 1.807) is 44.2 Å². The minimum absolute atomic E-state index is 0.0998. The Morgan fingerprint density at radius 1 is 1.21 bits per heavy atom. The van der Waals surface area contributed by atoms with E-state index in [0.717, 1.165) is 5.56 Å². The van der Waals surface area contributed by atoms with Gasteiger partial charge in [0.1, 0.15) is 5.82 Å². The molecule has 3 aromatic rings. The minimum atomic E-state index is -3.83. The quantitative estimate of drug-likeness (QED) is 0.591. The Bertz CT molecular complexity index is 1260. The smallest absolute Gasteiger partial charge is 0.243 e. The molecule has 1 aliphatic rings. The monoisotopic (exact) mass is 472 g/mol. The molecule has 1 N–H and O–H groups in total. The molecule has 10 heteroatoms. The zero-order valence-corrected chi connectivity index (χ0v) is 19.2. The molecule has 2 aromatic carbocycles. The maximum absolute atomic E-state index is 13.5. The highest BCUT2D eigenvalue weighted by atomic mass is 32.2. The van der Waals surface area contributed by atoms with E-state index in [4.69, 9.17) is 4.52 Å². The van der Waals surface area contributed by atoms with Crippen LogP contribution in [0.15, 0.2) is 51.9 Å². The summed E-state index contributed by atoms with van der Waals surface area (Å²) in [5, 5.41) is 6.70. The number of hydrogen-bond donors (Lipinski definition) is 1. The number of nitrogens with one attached hydrogen (secondary N) is 1. The summed E-state index contributed by atoms with van der Waals surface area (Å²) in [4.78, 5) is 17.1. The zero-order chi connectivity index (χ0) is 23.6. The van der Waals surface area contributed by atoms with E-state index in [2.05, 4.69) is 15.5 Å². The van der Waals surface area contributed by atoms with Crippen LogP contribution in [0.3, 0.4) is 0 Å². The van der Waals surface area contributed by atoms with E-state index in [9.17, 15) is 17.6 Å². The van der Waals surface area contributed by atoms with Crippen LogP contribution in [-0.2, 0) is 21.4 Å². The molecule has 1 fully saturated rings. The second kappa shape index (κ2) is 9.40. The van der Waals surface area contributed by atoms with Gasteiger partial charge in [-0.2, -0.15) is 9.29 Å². The van der Waals surface area contributed by atoms with E-state index in [1.165, 1.54) is 16.4 Å². The van der Waals surface area contributed by atoms with Gasteiger partial charge in [0, 0.05) is 32.1 Å². The molecule has 8 nitrogen and oxygen atoms in total. The van der Waals surface area contributed by atoms with Gasteiger partial charge in [-0.15, -0.1) is 0 Å². The molecule has 33 heavy (non-hydrogen) atoms. The fourth-order valence-corrected chi connectivity index (χ4v) is 5.66. The number of hydrogen-bond acceptors (Lipinski definition) is 6. The Morgan fingerprint density at radius 2 is 1.97 bits per heavy atom. The first kappa shape index (κ1) is 23.1. The molecule has 2 heterocycles. The van der Waals surface area contributed by atoms with Crippen molar-refractivity contribution in [3.8, 4) is 11.4 Å². The van der Waals surface area contributed by atoms with Gasteiger partial charge in [-0.3, -0.25) is 4.79 Å². The molecule has 0 saturated carbocycles. The number of aromatic nitrogens is 2. The van der Waals surface area contributed by atoms with Gasteiger partial charge in [-0.25, -0.2) is 12.8 Å². The van der Waals surface area contributed by atoms with Crippen LogP contribution in [0.1, 0.15) is 29.9 Å². The van der Waals surface area contributed by atoms with E-state index in [-0.39, 0.29) is 29.7 Å². The van der Waals surface area contributed by atoms with Crippen LogP contribution >= 0.6 is 0 Å². The molecule has 0 unspecified atom stereocenters. The van der Waals surface area contributed by atoms with Crippen molar-refractivity contribution in [3.63, 3.8) is 0 Å². The lowest BCUT2D eigenvalue weighted by atomic mass is 9.99. The van der Waals surface area contributed by atoms with Crippen molar-refractivity contribution in [2.45, 2.75) is 38.1 Å². The van der Waals surface area contributed by atoms with E-state index in [1.807, 2.05) is 0 Å². The molecule has 1 aromatic heterocycles. The van der Waals surface area contributed by atoms with Gasteiger partial charge in [0.05, 0.1) is 10.8 Å². The number of piperidine rings is 1. The number of carbonyl (C=O) groups excluding carboxylic acids is 1.